The molecule has 1 rings (SSSR count). The highest BCUT2D eigenvalue weighted by Gasteiger charge is 2.05. The van der Waals surface area contributed by atoms with E-state index in [1.807, 2.05) is 0 Å². The first-order chi connectivity index (χ1) is 6.27. The van der Waals surface area contributed by atoms with Crippen molar-refractivity contribution in [1.29, 1.82) is 0 Å². The second-order valence-electron chi connectivity index (χ2n) is 2.35. The molecule has 0 bridgehead atoms. The number of ether oxygens (including phenoxy) is 1. The first-order valence-corrected chi connectivity index (χ1v) is 3.77. The van der Waals surface area contributed by atoms with E-state index in [0.717, 1.165) is 12.3 Å². The average Bonchev–Trinajstić information content (AvgIpc) is 2.16. The molecule has 0 aromatic carbocycles. The van der Waals surface area contributed by atoms with Crippen LogP contribution in [0.4, 0.5) is 4.39 Å². The van der Waals surface area contributed by atoms with E-state index >= 15 is 0 Å². The highest BCUT2D eigenvalue weighted by Crippen LogP contribution is 2.15. The summed E-state index contributed by atoms with van der Waals surface area (Å²) in [6, 6.07) is 1.14. The molecule has 0 amide bonds. The van der Waals surface area contributed by atoms with Crippen molar-refractivity contribution in [1.82, 2.24) is 4.98 Å². The third kappa shape index (κ3) is 2.64. The van der Waals surface area contributed by atoms with Crippen molar-refractivity contribution < 1.29 is 19.3 Å². The Morgan fingerprint density at radius 3 is 2.85 bits per heavy atom. The summed E-state index contributed by atoms with van der Waals surface area (Å²) >= 11 is 0. The summed E-state index contributed by atoms with van der Waals surface area (Å²) in [5.41, 5.74) is 0.272. The molecule has 4 nitrogen and oxygen atoms in total. The van der Waals surface area contributed by atoms with Crippen molar-refractivity contribution in [3.05, 3.63) is 23.6 Å². The van der Waals surface area contributed by atoms with Crippen molar-refractivity contribution in [2.75, 3.05) is 13.2 Å². The summed E-state index contributed by atoms with van der Waals surface area (Å²) in [5.74, 6) is -0.377. The molecular formula is C8H10FNO3. The molecule has 1 aromatic rings. The molecular weight excluding hydrogens is 177 g/mol. The van der Waals surface area contributed by atoms with Gasteiger partial charge in [0.05, 0.1) is 19.4 Å². The zero-order valence-corrected chi connectivity index (χ0v) is 6.90. The van der Waals surface area contributed by atoms with Gasteiger partial charge in [0.1, 0.15) is 12.4 Å². The number of rotatable bonds is 4. The lowest BCUT2D eigenvalue weighted by Gasteiger charge is -2.06. The molecule has 1 heterocycles. The van der Waals surface area contributed by atoms with E-state index < -0.39 is 5.82 Å². The van der Waals surface area contributed by atoms with Gasteiger partial charge in [-0.1, -0.05) is 0 Å². The van der Waals surface area contributed by atoms with Crippen LogP contribution in [0.15, 0.2) is 12.3 Å². The quantitative estimate of drug-likeness (QED) is 0.701. The van der Waals surface area contributed by atoms with Crippen molar-refractivity contribution in [2.45, 2.75) is 6.61 Å². The number of hydrogen-bond acceptors (Lipinski definition) is 4. The van der Waals surface area contributed by atoms with Crippen molar-refractivity contribution in [2.24, 2.45) is 0 Å². The summed E-state index contributed by atoms with van der Waals surface area (Å²) in [4.78, 5) is 3.62. The summed E-state index contributed by atoms with van der Waals surface area (Å²) in [5, 5.41) is 17.2. The molecule has 5 heteroatoms. The van der Waals surface area contributed by atoms with Crippen LogP contribution in [0, 0.1) is 5.82 Å². The Morgan fingerprint density at radius 2 is 2.23 bits per heavy atom. The fraction of sp³-hybridized carbons (Fsp3) is 0.375. The number of nitrogens with zero attached hydrogens (tertiary/aromatic N) is 1. The molecule has 0 fully saturated rings. The lowest BCUT2D eigenvalue weighted by molar-refractivity contribution is 0.190. The predicted molar refractivity (Wildman–Crippen MR) is 42.7 cm³/mol. The van der Waals surface area contributed by atoms with E-state index in [4.69, 9.17) is 14.9 Å². The van der Waals surface area contributed by atoms with E-state index in [1.54, 1.807) is 0 Å². The topological polar surface area (TPSA) is 62.6 Å². The van der Waals surface area contributed by atoms with E-state index in [-0.39, 0.29) is 31.3 Å². The summed E-state index contributed by atoms with van der Waals surface area (Å²) in [6.07, 6.45) is 0.992. The maximum absolute atomic E-state index is 12.6. The Balaban J connectivity index is 2.79. The monoisotopic (exact) mass is 187 g/mol. The maximum atomic E-state index is 12.6. The van der Waals surface area contributed by atoms with Crippen LogP contribution in [0.3, 0.4) is 0 Å². The number of aliphatic hydroxyl groups is 2. The fourth-order valence-corrected chi connectivity index (χ4v) is 0.854. The van der Waals surface area contributed by atoms with Gasteiger partial charge in [-0.3, -0.25) is 0 Å². The normalized spacial score (nSPS) is 10.1. The van der Waals surface area contributed by atoms with Crippen molar-refractivity contribution >= 4 is 0 Å². The molecule has 0 aliphatic rings. The third-order valence-electron chi connectivity index (χ3n) is 1.39. The van der Waals surface area contributed by atoms with Crippen LogP contribution in [0.25, 0.3) is 0 Å². The second kappa shape index (κ2) is 4.74. The van der Waals surface area contributed by atoms with Crippen LogP contribution in [0.2, 0.25) is 0 Å². The highest BCUT2D eigenvalue weighted by atomic mass is 19.1. The zero-order chi connectivity index (χ0) is 9.68. The maximum Gasteiger partial charge on any atom is 0.219 e. The van der Waals surface area contributed by atoms with Gasteiger partial charge in [0.15, 0.2) is 0 Å². The van der Waals surface area contributed by atoms with Crippen LogP contribution in [0.1, 0.15) is 5.56 Å². The number of pyridine rings is 1. The molecule has 0 spiro atoms. The van der Waals surface area contributed by atoms with Gasteiger partial charge in [-0.2, -0.15) is 0 Å². The molecule has 1 aromatic heterocycles. The number of halogens is 1. The lowest BCUT2D eigenvalue weighted by Crippen LogP contribution is -2.05. The summed E-state index contributed by atoms with van der Waals surface area (Å²) in [6.45, 7) is -0.416. The molecule has 13 heavy (non-hydrogen) atoms. The van der Waals surface area contributed by atoms with Crippen LogP contribution in [-0.4, -0.2) is 28.4 Å². The van der Waals surface area contributed by atoms with E-state index in [2.05, 4.69) is 4.98 Å². The van der Waals surface area contributed by atoms with Gasteiger partial charge in [-0.05, 0) is 6.07 Å². The Bertz CT molecular complexity index is 280. The van der Waals surface area contributed by atoms with Gasteiger partial charge in [0, 0.05) is 5.56 Å². The molecule has 0 aliphatic carbocycles. The first kappa shape index (κ1) is 9.88. The third-order valence-corrected chi connectivity index (χ3v) is 1.39. The first-order valence-electron chi connectivity index (χ1n) is 3.77. The minimum atomic E-state index is -0.527. The molecule has 0 unspecified atom stereocenters. The Kier molecular flexibility index (Phi) is 3.60. The van der Waals surface area contributed by atoms with E-state index in [9.17, 15) is 4.39 Å². The van der Waals surface area contributed by atoms with Crippen molar-refractivity contribution in [3.63, 3.8) is 0 Å². The molecule has 0 aliphatic heterocycles. The fourth-order valence-electron chi connectivity index (χ4n) is 0.854. The molecule has 2 N–H and O–H groups in total. The van der Waals surface area contributed by atoms with Crippen LogP contribution < -0.4 is 4.74 Å². The van der Waals surface area contributed by atoms with Crippen molar-refractivity contribution in [3.8, 4) is 5.88 Å². The number of aliphatic hydroxyl groups excluding tert-OH is 2. The van der Waals surface area contributed by atoms with Gasteiger partial charge in [0.25, 0.3) is 0 Å². The van der Waals surface area contributed by atoms with Gasteiger partial charge in [-0.15, -0.1) is 0 Å². The summed E-state index contributed by atoms with van der Waals surface area (Å²) < 4.78 is 17.5. The minimum Gasteiger partial charge on any atom is -0.475 e. The van der Waals surface area contributed by atoms with Crippen LogP contribution >= 0.6 is 0 Å². The number of hydrogen-bond donors (Lipinski definition) is 2. The Hall–Kier alpha value is -1.20. The van der Waals surface area contributed by atoms with Gasteiger partial charge < -0.3 is 14.9 Å². The Morgan fingerprint density at radius 1 is 1.46 bits per heavy atom. The molecule has 72 valence electrons. The molecule has 0 saturated carbocycles. The largest absolute Gasteiger partial charge is 0.475 e. The molecule has 0 radical (unpaired) electrons. The standard InChI is InChI=1S/C8H10FNO3/c9-7-3-6(5-12)8(10-4-7)13-2-1-11/h3-4,11-12H,1-2,5H2. The molecule has 0 atom stereocenters. The average molecular weight is 187 g/mol. The zero-order valence-electron chi connectivity index (χ0n) is 6.90. The number of aromatic nitrogens is 1. The van der Waals surface area contributed by atoms with Crippen LogP contribution in [0.5, 0.6) is 5.88 Å². The van der Waals surface area contributed by atoms with Gasteiger partial charge in [0.2, 0.25) is 5.88 Å². The van der Waals surface area contributed by atoms with Gasteiger partial charge >= 0.3 is 0 Å². The highest BCUT2D eigenvalue weighted by molar-refractivity contribution is 5.25. The van der Waals surface area contributed by atoms with Gasteiger partial charge in [-0.25, -0.2) is 9.37 Å². The summed E-state index contributed by atoms with van der Waals surface area (Å²) in [7, 11) is 0. The minimum absolute atomic E-state index is 0.0750. The predicted octanol–water partition coefficient (Wildman–Crippen LogP) is 0.0841. The SMILES string of the molecule is OCCOc1ncc(F)cc1CO. The van der Waals surface area contributed by atoms with E-state index in [1.165, 1.54) is 0 Å². The smallest absolute Gasteiger partial charge is 0.219 e. The Labute approximate surface area is 74.6 Å². The second-order valence-corrected chi connectivity index (χ2v) is 2.35. The molecule has 0 saturated heterocycles. The van der Waals surface area contributed by atoms with Crippen LogP contribution in [-0.2, 0) is 6.61 Å². The lowest BCUT2D eigenvalue weighted by atomic mass is 10.3. The van der Waals surface area contributed by atoms with E-state index in [0.29, 0.717) is 0 Å².